The van der Waals surface area contributed by atoms with Gasteiger partial charge in [-0.05, 0) is 47.2 Å². The van der Waals surface area contributed by atoms with Gasteiger partial charge in [0.15, 0.2) is 0 Å². The molecule has 0 bridgehead atoms. The molecule has 0 spiro atoms. The molecule has 0 amide bonds. The summed E-state index contributed by atoms with van der Waals surface area (Å²) in [5.41, 5.74) is 7.49. The third-order valence-corrected chi connectivity index (χ3v) is 2.63. The quantitative estimate of drug-likeness (QED) is 0.375. The highest BCUT2D eigenvalue weighted by molar-refractivity contribution is 14.1. The number of carbonyl (C=O) groups excluding carboxylic acids is 1. The van der Waals surface area contributed by atoms with E-state index in [2.05, 4.69) is 27.9 Å². The van der Waals surface area contributed by atoms with Gasteiger partial charge in [0.2, 0.25) is 0 Å². The topological polar surface area (TPSA) is 64.3 Å². The van der Waals surface area contributed by atoms with Gasteiger partial charge in [-0.2, -0.15) is 0 Å². The highest BCUT2D eigenvalue weighted by Gasteiger charge is 1.99. The Morgan fingerprint density at radius 3 is 2.94 bits per heavy atom. The molecule has 1 rings (SSSR count). The molecule has 1 aromatic rings. The molecule has 0 aliphatic heterocycles. The Morgan fingerprint density at radius 1 is 1.56 bits per heavy atom. The molecule has 0 aromatic heterocycles. The van der Waals surface area contributed by atoms with E-state index in [-0.39, 0.29) is 5.97 Å². The zero-order valence-electron chi connectivity index (χ0n) is 9.13. The van der Waals surface area contributed by atoms with E-state index in [1.807, 2.05) is 18.2 Å². The fourth-order valence-electron chi connectivity index (χ4n) is 1.21. The average Bonchev–Trinajstić information content (AvgIpc) is 2.20. The molecule has 4 nitrogen and oxygen atoms in total. The molecule has 88 valence electrons. The van der Waals surface area contributed by atoms with Gasteiger partial charge in [-0.3, -0.25) is 4.79 Å². The number of hydrogen-bond donors (Lipinski definition) is 2. The van der Waals surface area contributed by atoms with Crippen molar-refractivity contribution < 1.29 is 9.53 Å². The van der Waals surface area contributed by atoms with Crippen molar-refractivity contribution in [3.8, 4) is 0 Å². The minimum absolute atomic E-state index is 0.242. The number of nitrogens with one attached hydrogen (secondary N) is 1. The Labute approximate surface area is 109 Å². The third-order valence-electron chi connectivity index (χ3n) is 1.96. The molecule has 0 heterocycles. The molecule has 1 aromatic carbocycles. The summed E-state index contributed by atoms with van der Waals surface area (Å²) < 4.78 is 5.93. The number of hydrogen-bond acceptors (Lipinski definition) is 4. The Kier molecular flexibility index (Phi) is 5.37. The Hall–Kier alpha value is -0.980. The summed E-state index contributed by atoms with van der Waals surface area (Å²) in [6.45, 7) is 2.58. The Bertz CT molecular complexity index is 369. The molecule has 0 radical (unpaired) electrons. The maximum Gasteiger partial charge on any atom is 0.302 e. The zero-order chi connectivity index (χ0) is 12.0. The lowest BCUT2D eigenvalue weighted by atomic mass is 10.2. The van der Waals surface area contributed by atoms with Crippen LogP contribution in [0, 0.1) is 3.57 Å². The summed E-state index contributed by atoms with van der Waals surface area (Å²) in [5.74, 6) is -0.242. The first-order valence-electron chi connectivity index (χ1n) is 5.02. The van der Waals surface area contributed by atoms with Crippen LogP contribution < -0.4 is 11.1 Å². The van der Waals surface area contributed by atoms with Crippen LogP contribution in [0.1, 0.15) is 13.3 Å². The van der Waals surface area contributed by atoms with Gasteiger partial charge in [-0.15, -0.1) is 0 Å². The molecule has 0 saturated carbocycles. The summed E-state index contributed by atoms with van der Waals surface area (Å²) >= 11 is 2.22. The zero-order valence-corrected chi connectivity index (χ0v) is 11.3. The number of rotatable bonds is 5. The molecule has 0 aliphatic carbocycles. The van der Waals surface area contributed by atoms with E-state index in [9.17, 15) is 4.79 Å². The van der Waals surface area contributed by atoms with Crippen LogP contribution in [0.25, 0.3) is 0 Å². The second kappa shape index (κ2) is 6.57. The Balaban J connectivity index is 2.29. The maximum atomic E-state index is 10.5. The van der Waals surface area contributed by atoms with Crippen LogP contribution in [0.4, 0.5) is 11.4 Å². The van der Waals surface area contributed by atoms with E-state index in [4.69, 9.17) is 10.5 Å². The van der Waals surface area contributed by atoms with Crippen LogP contribution in [0.2, 0.25) is 0 Å². The lowest BCUT2D eigenvalue weighted by molar-refractivity contribution is -0.140. The van der Waals surface area contributed by atoms with Gasteiger partial charge >= 0.3 is 5.97 Å². The minimum Gasteiger partial charge on any atom is -0.466 e. The second-order valence-electron chi connectivity index (χ2n) is 3.35. The number of esters is 1. The van der Waals surface area contributed by atoms with Crippen molar-refractivity contribution >= 4 is 39.9 Å². The van der Waals surface area contributed by atoms with Crippen LogP contribution >= 0.6 is 22.6 Å². The van der Waals surface area contributed by atoms with Gasteiger partial charge in [0.1, 0.15) is 0 Å². The van der Waals surface area contributed by atoms with Crippen molar-refractivity contribution in [2.24, 2.45) is 0 Å². The number of benzene rings is 1. The first-order valence-corrected chi connectivity index (χ1v) is 6.09. The summed E-state index contributed by atoms with van der Waals surface area (Å²) in [6.07, 6.45) is 0.769. The monoisotopic (exact) mass is 334 g/mol. The van der Waals surface area contributed by atoms with Crippen molar-refractivity contribution in [1.29, 1.82) is 0 Å². The molecule has 16 heavy (non-hydrogen) atoms. The third kappa shape index (κ3) is 4.69. The summed E-state index contributed by atoms with van der Waals surface area (Å²) in [6, 6.07) is 5.85. The number of anilines is 2. The largest absolute Gasteiger partial charge is 0.466 e. The summed E-state index contributed by atoms with van der Waals surface area (Å²) in [7, 11) is 0. The van der Waals surface area contributed by atoms with Crippen LogP contribution in [0.5, 0.6) is 0 Å². The smallest absolute Gasteiger partial charge is 0.302 e. The molecule has 0 fully saturated rings. The van der Waals surface area contributed by atoms with Gasteiger partial charge in [0.05, 0.1) is 18.0 Å². The van der Waals surface area contributed by atoms with Crippen molar-refractivity contribution in [3.63, 3.8) is 0 Å². The summed E-state index contributed by atoms with van der Waals surface area (Å²) in [4.78, 5) is 10.5. The SMILES string of the molecule is CC(=O)OCCCNc1ccc(I)cc1N. The van der Waals surface area contributed by atoms with E-state index in [0.29, 0.717) is 6.61 Å². The molecular weight excluding hydrogens is 319 g/mol. The average molecular weight is 334 g/mol. The first-order chi connectivity index (χ1) is 7.59. The maximum absolute atomic E-state index is 10.5. The van der Waals surface area contributed by atoms with Crippen LogP contribution in [0.15, 0.2) is 18.2 Å². The number of nitrogen functional groups attached to an aromatic ring is 1. The number of ether oxygens (including phenoxy) is 1. The highest BCUT2D eigenvalue weighted by Crippen LogP contribution is 2.20. The molecule has 0 saturated heterocycles. The standard InChI is InChI=1S/C11H15IN2O2/c1-8(15)16-6-2-5-14-11-4-3-9(12)7-10(11)13/h3-4,7,14H,2,5-6,13H2,1H3. The molecular formula is C11H15IN2O2. The lowest BCUT2D eigenvalue weighted by Gasteiger charge is -2.09. The van der Waals surface area contributed by atoms with E-state index >= 15 is 0 Å². The van der Waals surface area contributed by atoms with Crippen molar-refractivity contribution in [2.75, 3.05) is 24.2 Å². The van der Waals surface area contributed by atoms with Crippen molar-refractivity contribution in [3.05, 3.63) is 21.8 Å². The van der Waals surface area contributed by atoms with Gasteiger partial charge in [-0.1, -0.05) is 0 Å². The van der Waals surface area contributed by atoms with Gasteiger partial charge in [0.25, 0.3) is 0 Å². The number of nitrogens with two attached hydrogens (primary N) is 1. The molecule has 0 atom stereocenters. The predicted octanol–water partition coefficient (Wildman–Crippen LogP) is 2.24. The van der Waals surface area contributed by atoms with E-state index in [0.717, 1.165) is 27.9 Å². The molecule has 0 unspecified atom stereocenters. The van der Waals surface area contributed by atoms with Crippen LogP contribution in [-0.4, -0.2) is 19.1 Å². The lowest BCUT2D eigenvalue weighted by Crippen LogP contribution is -2.09. The van der Waals surface area contributed by atoms with E-state index in [1.165, 1.54) is 6.92 Å². The van der Waals surface area contributed by atoms with E-state index < -0.39 is 0 Å². The van der Waals surface area contributed by atoms with Gasteiger partial charge < -0.3 is 15.8 Å². The highest BCUT2D eigenvalue weighted by atomic mass is 127. The van der Waals surface area contributed by atoms with Crippen LogP contribution in [-0.2, 0) is 9.53 Å². The predicted molar refractivity (Wildman–Crippen MR) is 73.3 cm³/mol. The first kappa shape index (κ1) is 13.1. The molecule has 5 heteroatoms. The normalized spacial score (nSPS) is 9.88. The fourth-order valence-corrected chi connectivity index (χ4v) is 1.72. The number of carbonyl (C=O) groups is 1. The number of halogens is 1. The summed E-state index contributed by atoms with van der Waals surface area (Å²) in [5, 5.41) is 3.19. The van der Waals surface area contributed by atoms with E-state index in [1.54, 1.807) is 0 Å². The Morgan fingerprint density at radius 2 is 2.31 bits per heavy atom. The minimum atomic E-state index is -0.242. The van der Waals surface area contributed by atoms with Gasteiger partial charge in [0, 0.05) is 17.0 Å². The van der Waals surface area contributed by atoms with Crippen LogP contribution in [0.3, 0.4) is 0 Å². The van der Waals surface area contributed by atoms with Gasteiger partial charge in [-0.25, -0.2) is 0 Å². The fraction of sp³-hybridized carbons (Fsp3) is 0.364. The molecule has 3 N–H and O–H groups in total. The van der Waals surface area contributed by atoms with Crippen molar-refractivity contribution in [1.82, 2.24) is 0 Å². The van der Waals surface area contributed by atoms with Crippen molar-refractivity contribution in [2.45, 2.75) is 13.3 Å². The molecule has 0 aliphatic rings. The second-order valence-corrected chi connectivity index (χ2v) is 4.60.